The van der Waals surface area contributed by atoms with Gasteiger partial charge in [-0.1, -0.05) is 13.8 Å². The highest BCUT2D eigenvalue weighted by Gasteiger charge is 2.41. The Labute approximate surface area is 92.9 Å². The van der Waals surface area contributed by atoms with Crippen LogP contribution in [0.25, 0.3) is 0 Å². The second-order valence-electron chi connectivity index (χ2n) is 4.15. The number of hydrogen-bond donors (Lipinski definition) is 0. The highest BCUT2D eigenvalue weighted by molar-refractivity contribution is 4.73. The molecule has 0 saturated carbocycles. The molecule has 2 nitrogen and oxygen atoms in total. The molecular formula is C10H18F4O2. The molecule has 0 saturated heterocycles. The van der Waals surface area contributed by atoms with Crippen molar-refractivity contribution >= 4 is 0 Å². The van der Waals surface area contributed by atoms with E-state index in [9.17, 15) is 17.6 Å². The molecule has 1 atom stereocenters. The number of alkyl halides is 4. The Morgan fingerprint density at radius 1 is 1.12 bits per heavy atom. The molecule has 98 valence electrons. The van der Waals surface area contributed by atoms with Gasteiger partial charge in [-0.2, -0.15) is 8.78 Å². The van der Waals surface area contributed by atoms with Crippen molar-refractivity contribution in [3.05, 3.63) is 0 Å². The minimum Gasteiger partial charge on any atom is -0.384 e. The molecule has 0 aliphatic heterocycles. The third-order valence-electron chi connectivity index (χ3n) is 2.41. The zero-order valence-corrected chi connectivity index (χ0v) is 9.73. The summed E-state index contributed by atoms with van der Waals surface area (Å²) in [6.45, 7) is 2.69. The number of rotatable bonds is 8. The standard InChI is InChI=1S/C10H18F4O2/c1-4-9(2,5-15-3)6-16-7-10(13,14)8(11)12/h8H,4-7H2,1-3H3. The highest BCUT2D eigenvalue weighted by Crippen LogP contribution is 2.26. The van der Waals surface area contributed by atoms with Crippen molar-refractivity contribution in [2.24, 2.45) is 5.41 Å². The van der Waals surface area contributed by atoms with Gasteiger partial charge in [-0.05, 0) is 6.42 Å². The van der Waals surface area contributed by atoms with Crippen molar-refractivity contribution in [2.45, 2.75) is 32.6 Å². The molecule has 0 bridgehead atoms. The number of hydrogen-bond acceptors (Lipinski definition) is 2. The van der Waals surface area contributed by atoms with E-state index in [1.165, 1.54) is 7.11 Å². The fourth-order valence-corrected chi connectivity index (χ4v) is 1.09. The van der Waals surface area contributed by atoms with E-state index in [2.05, 4.69) is 4.74 Å². The minimum absolute atomic E-state index is 0.0281. The molecule has 0 heterocycles. The van der Waals surface area contributed by atoms with Crippen LogP contribution >= 0.6 is 0 Å². The van der Waals surface area contributed by atoms with E-state index < -0.39 is 24.4 Å². The maximum absolute atomic E-state index is 12.5. The lowest BCUT2D eigenvalue weighted by atomic mass is 9.90. The van der Waals surface area contributed by atoms with Crippen LogP contribution in [0.15, 0.2) is 0 Å². The second kappa shape index (κ2) is 6.39. The summed E-state index contributed by atoms with van der Waals surface area (Å²) < 4.78 is 58.2. The topological polar surface area (TPSA) is 18.5 Å². The van der Waals surface area contributed by atoms with Gasteiger partial charge in [0.1, 0.15) is 6.61 Å². The van der Waals surface area contributed by atoms with Crippen molar-refractivity contribution in [3.8, 4) is 0 Å². The SMILES string of the molecule is CCC(C)(COC)COCC(F)(F)C(F)F. The number of halogens is 4. The van der Waals surface area contributed by atoms with E-state index >= 15 is 0 Å². The summed E-state index contributed by atoms with van der Waals surface area (Å²) in [6.07, 6.45) is -3.04. The minimum atomic E-state index is -4.08. The van der Waals surface area contributed by atoms with E-state index in [4.69, 9.17) is 4.74 Å². The van der Waals surface area contributed by atoms with Crippen molar-refractivity contribution in [2.75, 3.05) is 26.9 Å². The smallest absolute Gasteiger partial charge is 0.330 e. The molecule has 6 heteroatoms. The van der Waals surface area contributed by atoms with Gasteiger partial charge in [0.15, 0.2) is 0 Å². The maximum Gasteiger partial charge on any atom is 0.330 e. The molecule has 0 aromatic rings. The van der Waals surface area contributed by atoms with E-state index in [-0.39, 0.29) is 6.61 Å². The predicted octanol–water partition coefficient (Wildman–Crippen LogP) is 2.97. The van der Waals surface area contributed by atoms with Gasteiger partial charge in [-0.15, -0.1) is 0 Å². The van der Waals surface area contributed by atoms with Crippen LogP contribution in [0.5, 0.6) is 0 Å². The highest BCUT2D eigenvalue weighted by atomic mass is 19.3. The first-order valence-corrected chi connectivity index (χ1v) is 5.00. The molecule has 0 aliphatic carbocycles. The van der Waals surface area contributed by atoms with Crippen LogP contribution in [0.2, 0.25) is 0 Å². The third kappa shape index (κ3) is 5.12. The van der Waals surface area contributed by atoms with Gasteiger partial charge < -0.3 is 9.47 Å². The van der Waals surface area contributed by atoms with Crippen LogP contribution in [-0.4, -0.2) is 39.3 Å². The van der Waals surface area contributed by atoms with E-state index in [1.807, 2.05) is 6.92 Å². The van der Waals surface area contributed by atoms with Gasteiger partial charge in [0, 0.05) is 12.5 Å². The average Bonchev–Trinajstić information content (AvgIpc) is 2.17. The first-order chi connectivity index (χ1) is 7.27. The molecule has 1 unspecified atom stereocenters. The average molecular weight is 246 g/mol. The van der Waals surface area contributed by atoms with Gasteiger partial charge in [0.2, 0.25) is 0 Å². The molecular weight excluding hydrogens is 228 g/mol. The Morgan fingerprint density at radius 2 is 1.69 bits per heavy atom. The van der Waals surface area contributed by atoms with Crippen LogP contribution in [0.4, 0.5) is 17.6 Å². The first-order valence-electron chi connectivity index (χ1n) is 5.00. The second-order valence-corrected chi connectivity index (χ2v) is 4.15. The Balaban J connectivity index is 4.05. The quantitative estimate of drug-likeness (QED) is 0.613. The Morgan fingerprint density at radius 3 is 2.06 bits per heavy atom. The molecule has 0 radical (unpaired) electrons. The Bertz CT molecular complexity index is 199. The van der Waals surface area contributed by atoms with E-state index in [0.717, 1.165) is 0 Å². The van der Waals surface area contributed by atoms with Gasteiger partial charge in [0.25, 0.3) is 0 Å². The zero-order valence-electron chi connectivity index (χ0n) is 9.73. The molecule has 0 spiro atoms. The lowest BCUT2D eigenvalue weighted by Gasteiger charge is -2.27. The van der Waals surface area contributed by atoms with Gasteiger partial charge in [-0.25, -0.2) is 8.78 Å². The van der Waals surface area contributed by atoms with Crippen LogP contribution in [0.3, 0.4) is 0 Å². The number of ether oxygens (including phenoxy) is 2. The third-order valence-corrected chi connectivity index (χ3v) is 2.41. The molecule has 0 rings (SSSR count). The normalized spacial score (nSPS) is 16.5. The van der Waals surface area contributed by atoms with E-state index in [1.54, 1.807) is 6.92 Å². The zero-order chi connectivity index (χ0) is 12.8. The predicted molar refractivity (Wildman–Crippen MR) is 52.0 cm³/mol. The molecule has 0 fully saturated rings. The fraction of sp³-hybridized carbons (Fsp3) is 1.00. The molecule has 0 amide bonds. The van der Waals surface area contributed by atoms with Crippen molar-refractivity contribution in [3.63, 3.8) is 0 Å². The van der Waals surface area contributed by atoms with Crippen LogP contribution in [0.1, 0.15) is 20.3 Å². The van der Waals surface area contributed by atoms with Crippen molar-refractivity contribution < 1.29 is 27.0 Å². The van der Waals surface area contributed by atoms with Crippen molar-refractivity contribution in [1.29, 1.82) is 0 Å². The molecule has 0 aromatic carbocycles. The lowest BCUT2D eigenvalue weighted by Crippen LogP contribution is -2.35. The van der Waals surface area contributed by atoms with Gasteiger partial charge in [0.05, 0.1) is 13.2 Å². The van der Waals surface area contributed by atoms with Gasteiger partial charge >= 0.3 is 12.3 Å². The first kappa shape index (κ1) is 15.6. The van der Waals surface area contributed by atoms with Gasteiger partial charge in [-0.3, -0.25) is 0 Å². The number of methoxy groups -OCH3 is 1. The maximum atomic E-state index is 12.5. The summed E-state index contributed by atoms with van der Waals surface area (Å²) in [5.74, 6) is -4.08. The van der Waals surface area contributed by atoms with Crippen LogP contribution in [-0.2, 0) is 9.47 Å². The van der Waals surface area contributed by atoms with Crippen molar-refractivity contribution in [1.82, 2.24) is 0 Å². The largest absolute Gasteiger partial charge is 0.384 e. The molecule has 0 aliphatic rings. The Hall–Kier alpha value is -0.360. The molecule has 0 N–H and O–H groups in total. The summed E-state index contributed by atoms with van der Waals surface area (Å²) in [6, 6.07) is 0. The summed E-state index contributed by atoms with van der Waals surface area (Å²) in [5, 5.41) is 0. The summed E-state index contributed by atoms with van der Waals surface area (Å²) in [7, 11) is 1.49. The Kier molecular flexibility index (Phi) is 6.25. The molecule has 16 heavy (non-hydrogen) atoms. The van der Waals surface area contributed by atoms with E-state index in [0.29, 0.717) is 13.0 Å². The summed E-state index contributed by atoms with van der Waals surface area (Å²) in [4.78, 5) is 0. The fourth-order valence-electron chi connectivity index (χ4n) is 1.09. The summed E-state index contributed by atoms with van der Waals surface area (Å²) >= 11 is 0. The monoisotopic (exact) mass is 246 g/mol. The van der Waals surface area contributed by atoms with Crippen LogP contribution < -0.4 is 0 Å². The lowest BCUT2D eigenvalue weighted by molar-refractivity contribution is -0.173. The van der Waals surface area contributed by atoms with Crippen LogP contribution in [0, 0.1) is 5.41 Å². The molecule has 0 aromatic heterocycles. The summed E-state index contributed by atoms with van der Waals surface area (Å²) in [5.41, 5.74) is -0.424.